The number of methoxy groups -OCH3 is 1. The van der Waals surface area contributed by atoms with E-state index in [2.05, 4.69) is 5.32 Å². The Balaban J connectivity index is 1.37. The van der Waals surface area contributed by atoms with Crippen LogP contribution in [0.3, 0.4) is 0 Å². The molecule has 0 fully saturated rings. The van der Waals surface area contributed by atoms with E-state index >= 15 is 0 Å². The zero-order chi connectivity index (χ0) is 26.6. The second-order valence-electron chi connectivity index (χ2n) is 7.80. The molecule has 0 aliphatic rings. The summed E-state index contributed by atoms with van der Waals surface area (Å²) in [5.41, 5.74) is 1.44. The minimum absolute atomic E-state index is 0.152. The number of anilines is 1. The van der Waals surface area contributed by atoms with Crippen molar-refractivity contribution in [1.29, 1.82) is 0 Å². The van der Waals surface area contributed by atoms with Crippen molar-refractivity contribution in [2.75, 3.05) is 25.6 Å². The summed E-state index contributed by atoms with van der Waals surface area (Å²) in [5, 5.41) is 2.60. The molecule has 1 N–H and O–H groups in total. The van der Waals surface area contributed by atoms with Crippen LogP contribution in [0.1, 0.15) is 43.9 Å². The molecule has 0 saturated heterocycles. The quantitative estimate of drug-likeness (QED) is 0.292. The van der Waals surface area contributed by atoms with Gasteiger partial charge < -0.3 is 19.5 Å². The van der Waals surface area contributed by atoms with Crippen molar-refractivity contribution in [2.24, 2.45) is 0 Å². The third kappa shape index (κ3) is 8.43. The van der Waals surface area contributed by atoms with Crippen LogP contribution in [0, 0.1) is 0 Å². The van der Waals surface area contributed by atoms with Crippen LogP contribution < -0.4 is 10.1 Å². The molecule has 3 rings (SSSR count). The van der Waals surface area contributed by atoms with Crippen molar-refractivity contribution in [2.45, 2.75) is 12.8 Å². The van der Waals surface area contributed by atoms with Gasteiger partial charge in [0.2, 0.25) is 5.91 Å². The monoisotopic (exact) mass is 503 g/mol. The molecule has 9 heteroatoms. The first-order valence-corrected chi connectivity index (χ1v) is 11.3. The van der Waals surface area contributed by atoms with Gasteiger partial charge in [-0.05, 0) is 48.5 Å². The highest BCUT2D eigenvalue weighted by Gasteiger charge is 2.14. The van der Waals surface area contributed by atoms with Crippen LogP contribution in [0.5, 0.6) is 5.75 Å². The van der Waals surface area contributed by atoms with Gasteiger partial charge in [0, 0.05) is 23.2 Å². The summed E-state index contributed by atoms with van der Waals surface area (Å²) in [4.78, 5) is 60.4. The summed E-state index contributed by atoms with van der Waals surface area (Å²) in [6, 6.07) is 20.8. The summed E-state index contributed by atoms with van der Waals surface area (Å²) < 4.78 is 15.0. The number of hydrogen-bond acceptors (Lipinski definition) is 8. The Hall–Kier alpha value is -4.79. The normalized spacial score (nSPS) is 10.2. The Kier molecular flexibility index (Phi) is 9.66. The van der Waals surface area contributed by atoms with E-state index < -0.39 is 24.5 Å². The number of carbonyl (C=O) groups is 5. The van der Waals surface area contributed by atoms with Gasteiger partial charge in [-0.3, -0.25) is 19.2 Å². The van der Waals surface area contributed by atoms with E-state index in [1.54, 1.807) is 54.6 Å². The van der Waals surface area contributed by atoms with Crippen LogP contribution in [0.2, 0.25) is 0 Å². The number of hydrogen-bond donors (Lipinski definition) is 1. The Bertz CT molecular complexity index is 1250. The fourth-order valence-corrected chi connectivity index (χ4v) is 3.13. The number of carbonyl (C=O) groups excluding carboxylic acids is 5. The maximum Gasteiger partial charge on any atom is 0.338 e. The summed E-state index contributed by atoms with van der Waals surface area (Å²) in [6.45, 7) is -0.815. The van der Waals surface area contributed by atoms with Gasteiger partial charge in [-0.1, -0.05) is 30.3 Å². The minimum Gasteiger partial charge on any atom is -0.497 e. The van der Waals surface area contributed by atoms with E-state index in [4.69, 9.17) is 14.2 Å². The SMILES string of the molecule is COc1ccc(C(=O)COC(=O)CCC(=O)Nc2ccc(C(=O)OCC(=O)c3ccccc3)cc2)cc1. The smallest absolute Gasteiger partial charge is 0.338 e. The largest absolute Gasteiger partial charge is 0.497 e. The number of nitrogens with one attached hydrogen (secondary N) is 1. The van der Waals surface area contributed by atoms with E-state index in [1.165, 1.54) is 31.4 Å². The molecule has 0 spiro atoms. The van der Waals surface area contributed by atoms with Crippen molar-refractivity contribution in [3.8, 4) is 5.75 Å². The highest BCUT2D eigenvalue weighted by molar-refractivity contribution is 6.00. The van der Waals surface area contributed by atoms with Crippen LogP contribution in [-0.4, -0.2) is 49.7 Å². The molecule has 0 aliphatic carbocycles. The van der Waals surface area contributed by atoms with Crippen LogP contribution in [0.25, 0.3) is 0 Å². The highest BCUT2D eigenvalue weighted by Crippen LogP contribution is 2.13. The summed E-state index contributed by atoms with van der Waals surface area (Å²) in [7, 11) is 1.51. The zero-order valence-electron chi connectivity index (χ0n) is 20.1. The Morgan fingerprint density at radius 3 is 1.84 bits per heavy atom. The van der Waals surface area contributed by atoms with E-state index in [0.717, 1.165) is 0 Å². The Morgan fingerprint density at radius 1 is 0.649 bits per heavy atom. The molecule has 0 aromatic heterocycles. The van der Waals surface area contributed by atoms with Crippen LogP contribution in [0.15, 0.2) is 78.9 Å². The van der Waals surface area contributed by atoms with Crippen LogP contribution in [0.4, 0.5) is 5.69 Å². The number of rotatable bonds is 12. The lowest BCUT2D eigenvalue weighted by molar-refractivity contribution is -0.143. The topological polar surface area (TPSA) is 125 Å². The van der Waals surface area contributed by atoms with E-state index in [1.807, 2.05) is 0 Å². The van der Waals surface area contributed by atoms with Crippen molar-refractivity contribution in [3.05, 3.63) is 95.6 Å². The second kappa shape index (κ2) is 13.3. The van der Waals surface area contributed by atoms with Crippen molar-refractivity contribution >= 4 is 35.1 Å². The molecule has 0 heterocycles. The maximum atomic E-state index is 12.2. The predicted molar refractivity (Wildman–Crippen MR) is 134 cm³/mol. The van der Waals surface area contributed by atoms with Crippen molar-refractivity contribution < 1.29 is 38.2 Å². The fourth-order valence-electron chi connectivity index (χ4n) is 3.13. The van der Waals surface area contributed by atoms with E-state index in [-0.39, 0.29) is 36.6 Å². The first-order chi connectivity index (χ1) is 17.9. The lowest BCUT2D eigenvalue weighted by Crippen LogP contribution is -2.17. The highest BCUT2D eigenvalue weighted by atomic mass is 16.5. The first-order valence-electron chi connectivity index (χ1n) is 11.3. The average molecular weight is 504 g/mol. The van der Waals surface area contributed by atoms with E-state index in [0.29, 0.717) is 22.6 Å². The molecule has 3 aromatic carbocycles. The molecule has 3 aromatic rings. The van der Waals surface area contributed by atoms with Gasteiger partial charge in [-0.25, -0.2) is 4.79 Å². The van der Waals surface area contributed by atoms with Crippen LogP contribution in [-0.2, 0) is 19.1 Å². The van der Waals surface area contributed by atoms with Gasteiger partial charge in [-0.2, -0.15) is 0 Å². The second-order valence-corrected chi connectivity index (χ2v) is 7.80. The van der Waals surface area contributed by atoms with Gasteiger partial charge in [0.05, 0.1) is 19.1 Å². The number of esters is 2. The first kappa shape index (κ1) is 26.8. The molecule has 9 nitrogen and oxygen atoms in total. The molecule has 0 bridgehead atoms. The summed E-state index contributed by atoms with van der Waals surface area (Å²) >= 11 is 0. The zero-order valence-corrected chi connectivity index (χ0v) is 20.1. The lowest BCUT2D eigenvalue weighted by atomic mass is 10.1. The molecular formula is C28H25NO8. The summed E-state index contributed by atoms with van der Waals surface area (Å²) in [5.74, 6) is -1.88. The number of ketones is 2. The van der Waals surface area contributed by atoms with Gasteiger partial charge in [0.25, 0.3) is 0 Å². The van der Waals surface area contributed by atoms with Gasteiger partial charge in [0.15, 0.2) is 24.8 Å². The average Bonchev–Trinajstić information content (AvgIpc) is 2.94. The molecule has 0 atom stereocenters. The Morgan fingerprint density at radius 2 is 1.22 bits per heavy atom. The molecule has 0 radical (unpaired) electrons. The third-order valence-corrected chi connectivity index (χ3v) is 5.17. The predicted octanol–water partition coefficient (Wildman–Crippen LogP) is 3.88. The van der Waals surface area contributed by atoms with Crippen molar-refractivity contribution in [3.63, 3.8) is 0 Å². The third-order valence-electron chi connectivity index (χ3n) is 5.17. The van der Waals surface area contributed by atoms with Gasteiger partial charge in [-0.15, -0.1) is 0 Å². The molecular weight excluding hydrogens is 478 g/mol. The number of benzene rings is 3. The van der Waals surface area contributed by atoms with E-state index in [9.17, 15) is 24.0 Å². The van der Waals surface area contributed by atoms with Gasteiger partial charge >= 0.3 is 11.9 Å². The number of Topliss-reactive ketones (excluding diaryl/α,β-unsaturated/α-hetero) is 2. The summed E-state index contributed by atoms with van der Waals surface area (Å²) in [6.07, 6.45) is -0.359. The number of ether oxygens (including phenoxy) is 3. The molecule has 37 heavy (non-hydrogen) atoms. The molecule has 0 aliphatic heterocycles. The minimum atomic E-state index is -0.680. The van der Waals surface area contributed by atoms with Crippen LogP contribution >= 0.6 is 0 Å². The Labute approximate surface area is 213 Å². The van der Waals surface area contributed by atoms with Crippen molar-refractivity contribution in [1.82, 2.24) is 0 Å². The molecule has 0 unspecified atom stereocenters. The molecule has 0 saturated carbocycles. The lowest BCUT2D eigenvalue weighted by Gasteiger charge is -2.08. The van der Waals surface area contributed by atoms with Gasteiger partial charge in [0.1, 0.15) is 5.75 Å². The molecule has 1 amide bonds. The number of amides is 1. The molecule has 190 valence electrons. The standard InChI is InChI=1S/C28H25NO8/c1-35-23-13-9-20(10-14-23)24(30)17-36-27(33)16-15-26(32)29-22-11-7-21(8-12-22)28(34)37-18-25(31)19-5-3-2-4-6-19/h2-14H,15-18H2,1H3,(H,29,32). The fraction of sp³-hybridized carbons (Fsp3) is 0.179. The maximum absolute atomic E-state index is 12.2.